The van der Waals surface area contributed by atoms with Crippen LogP contribution in [0.3, 0.4) is 0 Å². The first-order chi connectivity index (χ1) is 46.9. The number of aliphatic imine (C=N–C) groups is 1. The van der Waals surface area contributed by atoms with Crippen LogP contribution in [0.2, 0.25) is 0 Å². The minimum Gasteiger partial charge on any atom is -0.481 e. The molecule has 2 aliphatic rings. The number of likely N-dealkylation sites (tertiary alicyclic amines) is 2. The number of rotatable bonds is 43. The Kier molecular flexibility index (Phi) is 36.3. The van der Waals surface area contributed by atoms with Crippen LogP contribution in [0.25, 0.3) is 0 Å². The maximum Gasteiger partial charge on any atom is 0.326 e. The molecule has 0 saturated carbocycles. The molecule has 3 rings (SSSR count). The molecule has 0 aliphatic carbocycles. The molecule has 0 bridgehead atoms. The number of hydrogen-bond donors (Lipinski definition) is 17. The van der Waals surface area contributed by atoms with Crippen molar-refractivity contribution in [3.8, 4) is 0 Å². The average Bonchev–Trinajstić information content (AvgIpc) is 1.77. The molecule has 0 radical (unpaired) electrons. The first-order valence-electron chi connectivity index (χ1n) is 33.8. The second-order valence-electron chi connectivity index (χ2n) is 24.9. The van der Waals surface area contributed by atoms with Crippen molar-refractivity contribution in [2.75, 3.05) is 52.4 Å². The molecule has 99 heavy (non-hydrogen) atoms. The molecule has 554 valence electrons. The predicted octanol–water partition coefficient (Wildman–Crippen LogP) is -5.00. The van der Waals surface area contributed by atoms with Crippen LogP contribution in [0, 0.1) is 11.8 Å². The smallest absolute Gasteiger partial charge is 0.326 e. The topological polar surface area (TPSA) is 554 Å². The van der Waals surface area contributed by atoms with Crippen molar-refractivity contribution in [2.45, 2.75) is 211 Å². The van der Waals surface area contributed by atoms with Gasteiger partial charge in [0.2, 0.25) is 70.9 Å². The van der Waals surface area contributed by atoms with E-state index in [0.717, 1.165) is 4.90 Å². The van der Waals surface area contributed by atoms with Crippen LogP contribution >= 0.6 is 0 Å². The Morgan fingerprint density at radius 2 is 1.09 bits per heavy atom. The molecule has 1 aromatic rings. The van der Waals surface area contributed by atoms with Gasteiger partial charge in [-0.25, -0.2) is 4.79 Å². The van der Waals surface area contributed by atoms with Crippen molar-refractivity contribution < 1.29 is 87.5 Å². The summed E-state index contributed by atoms with van der Waals surface area (Å²) >= 11 is 0. The summed E-state index contributed by atoms with van der Waals surface area (Å²) in [6.45, 7) is 9.27. The summed E-state index contributed by atoms with van der Waals surface area (Å²) in [4.78, 5) is 198. The summed E-state index contributed by atoms with van der Waals surface area (Å²) in [6, 6.07) is -6.67. The number of aliphatic hydroxyl groups is 2. The van der Waals surface area contributed by atoms with E-state index < -0.39 is 193 Å². The highest BCUT2D eigenvalue weighted by atomic mass is 16.4. The zero-order valence-corrected chi connectivity index (χ0v) is 57.6. The van der Waals surface area contributed by atoms with Gasteiger partial charge in [-0.05, 0) is 95.1 Å². The number of aliphatic carboxylic acids is 2. The largest absolute Gasteiger partial charge is 0.481 e. The van der Waals surface area contributed by atoms with Crippen LogP contribution in [0.1, 0.15) is 138 Å². The molecule has 2 fully saturated rings. The number of hydrogen-bond acceptors (Lipinski definition) is 19. The Morgan fingerprint density at radius 3 is 1.62 bits per heavy atom. The minimum absolute atomic E-state index is 0.00720. The number of unbranched alkanes of at least 4 members (excludes halogenated alkanes) is 1. The van der Waals surface area contributed by atoms with E-state index in [-0.39, 0.29) is 90.0 Å². The monoisotopic (exact) mass is 1400 g/mol. The van der Waals surface area contributed by atoms with Gasteiger partial charge in [-0.3, -0.25) is 67.3 Å². The molecular weight excluding hydrogens is 1290 g/mol. The number of carboxylic acid groups (broad SMARTS) is 2. The van der Waals surface area contributed by atoms with Crippen LogP contribution in [0.4, 0.5) is 0 Å². The van der Waals surface area contributed by atoms with Gasteiger partial charge in [0.15, 0.2) is 5.96 Å². The van der Waals surface area contributed by atoms with E-state index in [1.807, 2.05) is 0 Å². The van der Waals surface area contributed by atoms with Crippen molar-refractivity contribution >= 4 is 88.8 Å². The lowest BCUT2D eigenvalue weighted by Gasteiger charge is -2.33. The molecule has 35 nitrogen and oxygen atoms in total. The van der Waals surface area contributed by atoms with Crippen molar-refractivity contribution in [1.29, 1.82) is 0 Å². The zero-order valence-electron chi connectivity index (χ0n) is 57.6. The second kappa shape index (κ2) is 42.7. The fourth-order valence-electron chi connectivity index (χ4n) is 11.3. The number of nitrogens with zero attached hydrogens (tertiary/aromatic N) is 4. The Labute approximate surface area is 576 Å². The number of guanidine groups is 1. The van der Waals surface area contributed by atoms with Crippen molar-refractivity contribution in [3.05, 3.63) is 35.9 Å². The number of carbonyl (C=O) groups is 14. The highest BCUT2D eigenvalue weighted by Gasteiger charge is 2.44. The maximum absolute atomic E-state index is 14.7. The SMILES string of the molecule is CC[C@H](NC(=O)[C@H](CCCN=C(N)N)NC(=O)CN)C(=O)N[C@H](C(=O)N(CCCCN)CC(=O)N[C@@H](CO)C(=O)N[C@H](C(=O)N1CCC[C@H]1C(=O)N[C@H](C(=O)N[C@@H](CC)C(=O)N[C@@H](Cc1ccccc1)C(=O)N1CCC[C@H]1C(=O)N[C@@H](CC(=O)O)C(=O)O)[C@@H](C)CC)[C@@H](C)CC)[C@@H](C)O. The summed E-state index contributed by atoms with van der Waals surface area (Å²) in [5.41, 5.74) is 22.6. The molecule has 21 N–H and O–H groups in total. The summed E-state index contributed by atoms with van der Waals surface area (Å²) in [7, 11) is 0. The second-order valence-corrected chi connectivity index (χ2v) is 24.9. The Bertz CT molecular complexity index is 2960. The van der Waals surface area contributed by atoms with Crippen LogP contribution in [-0.4, -0.2) is 249 Å². The number of carboxylic acids is 2. The maximum atomic E-state index is 14.7. The molecule has 14 atom stereocenters. The first kappa shape index (κ1) is 84.1. The molecule has 2 heterocycles. The number of aliphatic hydroxyl groups excluding tert-OH is 2. The van der Waals surface area contributed by atoms with Gasteiger partial charge in [0.25, 0.3) is 0 Å². The van der Waals surface area contributed by atoms with Crippen molar-refractivity contribution in [1.82, 2.24) is 62.6 Å². The molecule has 1 aromatic carbocycles. The van der Waals surface area contributed by atoms with E-state index in [1.165, 1.54) is 16.7 Å². The molecule has 2 aliphatic heterocycles. The molecule has 12 amide bonds. The van der Waals surface area contributed by atoms with Crippen LogP contribution in [0.5, 0.6) is 0 Å². The lowest BCUT2D eigenvalue weighted by atomic mass is 9.96. The molecular formula is C64H105N17O18. The summed E-state index contributed by atoms with van der Waals surface area (Å²) in [5, 5.41) is 63.2. The van der Waals surface area contributed by atoms with Crippen molar-refractivity contribution in [3.63, 3.8) is 0 Å². The van der Waals surface area contributed by atoms with Crippen LogP contribution in [-0.2, 0) is 73.5 Å². The normalized spacial score (nSPS) is 17.8. The Balaban J connectivity index is 1.80. The zero-order chi connectivity index (χ0) is 74.2. The fourth-order valence-corrected chi connectivity index (χ4v) is 11.3. The quantitative estimate of drug-likeness (QED) is 0.0165. The molecule has 0 spiro atoms. The lowest BCUT2D eigenvalue weighted by Crippen LogP contribution is -2.62. The number of nitrogens with one attached hydrogen (secondary N) is 9. The minimum atomic E-state index is -1.78. The van der Waals surface area contributed by atoms with Crippen LogP contribution < -0.4 is 70.8 Å². The Morgan fingerprint density at radius 1 is 0.576 bits per heavy atom. The number of benzene rings is 1. The van der Waals surface area contributed by atoms with Crippen LogP contribution in [0.15, 0.2) is 35.3 Å². The van der Waals surface area contributed by atoms with Gasteiger partial charge >= 0.3 is 11.9 Å². The van der Waals surface area contributed by atoms with Gasteiger partial charge in [-0.15, -0.1) is 0 Å². The highest BCUT2D eigenvalue weighted by Crippen LogP contribution is 2.24. The Hall–Kier alpha value is -9.09. The van der Waals surface area contributed by atoms with E-state index in [9.17, 15) is 87.5 Å². The number of nitrogens with two attached hydrogens (primary N) is 4. The van der Waals surface area contributed by atoms with Crippen molar-refractivity contribution in [2.24, 2.45) is 39.8 Å². The summed E-state index contributed by atoms with van der Waals surface area (Å²) in [6.07, 6.45) is -0.143. The third-order valence-electron chi connectivity index (χ3n) is 17.4. The summed E-state index contributed by atoms with van der Waals surface area (Å²) in [5.74, 6) is -14.3. The van der Waals surface area contributed by atoms with E-state index in [2.05, 4.69) is 52.8 Å². The van der Waals surface area contributed by atoms with E-state index in [1.54, 1.807) is 71.9 Å². The first-order valence-corrected chi connectivity index (χ1v) is 33.8. The van der Waals surface area contributed by atoms with Gasteiger partial charge in [-0.2, -0.15) is 0 Å². The number of amides is 12. The highest BCUT2D eigenvalue weighted by molar-refractivity contribution is 6.00. The van der Waals surface area contributed by atoms with Gasteiger partial charge < -0.3 is 106 Å². The van der Waals surface area contributed by atoms with Gasteiger partial charge in [0, 0.05) is 32.6 Å². The molecule has 2 saturated heterocycles. The van der Waals surface area contributed by atoms with Gasteiger partial charge in [0.05, 0.1) is 32.2 Å². The lowest BCUT2D eigenvalue weighted by molar-refractivity contribution is -0.148. The fraction of sp³-hybridized carbons (Fsp3) is 0.672. The predicted molar refractivity (Wildman–Crippen MR) is 359 cm³/mol. The third kappa shape index (κ3) is 26.6. The van der Waals surface area contributed by atoms with E-state index in [0.29, 0.717) is 37.7 Å². The molecule has 0 aromatic heterocycles. The molecule has 35 heteroatoms. The average molecular weight is 1400 g/mol. The standard InChI is InChI=1S/C64H105N17O18/c1-8-35(5)50(59(94)73-39(10-3)53(88)74-42(30-38-20-13-12-14-21-38)60(95)80-28-18-23-45(80)57(92)75-43(63(98)99)31-49(86)87)76-58(93)46-24-19-29-81(46)62(97)51(36(6)9-2)77-56(91)44(34-82)71-48(85)33-79(27-16-15-25-65)61(96)52(37(7)83)78-54(89)40(11-4)72-55(90)41(70-47(84)32-66)22-17-26-69-64(67)68/h12-14,20-21,35-37,39-46,50-52,82-83H,8-11,15-19,22-34,65-66H2,1-7H3,(H,70,84)(H,71,85)(H,72,90)(H,73,94)(H,74,88)(H,75,92)(H,76,93)(H,77,91)(H,78,89)(H,86,87)(H,98,99)(H4,67,68,69)/t35-,36-,37+,39-,40-,41-,42-,43-,44-,45-,46-,50-,51-,52-/m0/s1. The third-order valence-corrected chi connectivity index (χ3v) is 17.4. The summed E-state index contributed by atoms with van der Waals surface area (Å²) < 4.78 is 0. The number of carbonyl (C=O) groups excluding carboxylic acids is 12. The van der Waals surface area contributed by atoms with E-state index in [4.69, 9.17) is 22.9 Å². The van der Waals surface area contributed by atoms with Gasteiger partial charge in [-0.1, -0.05) is 84.7 Å². The van der Waals surface area contributed by atoms with Gasteiger partial charge in [0.1, 0.15) is 66.5 Å². The molecule has 0 unspecified atom stereocenters. The van der Waals surface area contributed by atoms with E-state index >= 15 is 0 Å².